The molecule has 172 valence electrons. The van der Waals surface area contributed by atoms with E-state index in [4.69, 9.17) is 25.8 Å². The van der Waals surface area contributed by atoms with Gasteiger partial charge in [0.05, 0.1) is 23.2 Å². The van der Waals surface area contributed by atoms with Crippen molar-refractivity contribution in [1.82, 2.24) is 0 Å². The van der Waals surface area contributed by atoms with Crippen molar-refractivity contribution in [3.63, 3.8) is 0 Å². The monoisotopic (exact) mass is 484 g/mol. The summed E-state index contributed by atoms with van der Waals surface area (Å²) < 4.78 is 74.1. The molecular weight excluding hydrogens is 462 g/mol. The minimum Gasteiger partial charge on any atom is -0.490 e. The van der Waals surface area contributed by atoms with E-state index in [9.17, 15) is 12.8 Å². The average Bonchev–Trinajstić information content (AvgIpc) is 3.19. The second-order valence-electron chi connectivity index (χ2n) is 8.50. The smallest absolute Gasteiger partial charge is 0.188 e. The van der Waals surface area contributed by atoms with Crippen LogP contribution in [0.3, 0.4) is 0 Å². The zero-order valence-corrected chi connectivity index (χ0v) is 19.0. The lowest BCUT2D eigenvalue weighted by molar-refractivity contribution is -0.136. The third kappa shape index (κ3) is 3.10. The Bertz CT molecular complexity index is 1140. The number of rotatable bonds is 4. The number of benzene rings is 2. The van der Waals surface area contributed by atoms with Crippen molar-refractivity contribution in [3.05, 3.63) is 58.6 Å². The van der Waals surface area contributed by atoms with Crippen LogP contribution in [0.5, 0.6) is 5.75 Å². The fraction of sp³-hybridized carbons (Fsp3) is 0.478. The van der Waals surface area contributed by atoms with Gasteiger partial charge in [-0.15, -0.1) is 0 Å². The molecule has 0 spiro atoms. The Kier molecular flexibility index (Phi) is 5.47. The van der Waals surface area contributed by atoms with E-state index in [1.807, 2.05) is 6.92 Å². The number of ether oxygens (including phenoxy) is 3. The molecule has 1 saturated heterocycles. The maximum absolute atomic E-state index is 15.3. The van der Waals surface area contributed by atoms with Gasteiger partial charge >= 0.3 is 0 Å². The molecule has 2 aromatic rings. The minimum absolute atomic E-state index is 0.0159. The quantitative estimate of drug-likeness (QED) is 0.620. The lowest BCUT2D eigenvalue weighted by Gasteiger charge is -2.50. The molecule has 2 fully saturated rings. The molecule has 0 unspecified atom stereocenters. The van der Waals surface area contributed by atoms with Crippen LogP contribution in [-0.4, -0.2) is 34.0 Å². The van der Waals surface area contributed by atoms with Gasteiger partial charge in [-0.05, 0) is 62.1 Å². The highest BCUT2D eigenvalue weighted by molar-refractivity contribution is 7.92. The zero-order chi connectivity index (χ0) is 22.7. The Morgan fingerprint density at radius 3 is 2.59 bits per heavy atom. The fourth-order valence-corrected chi connectivity index (χ4v) is 8.24. The molecule has 1 saturated carbocycles. The van der Waals surface area contributed by atoms with Gasteiger partial charge in [-0.2, -0.15) is 0 Å². The van der Waals surface area contributed by atoms with Crippen LogP contribution in [0.25, 0.3) is 0 Å². The van der Waals surface area contributed by atoms with E-state index in [-0.39, 0.29) is 41.3 Å². The first kappa shape index (κ1) is 22.1. The van der Waals surface area contributed by atoms with E-state index >= 15 is 4.39 Å². The molecule has 0 radical (unpaired) electrons. The van der Waals surface area contributed by atoms with Crippen molar-refractivity contribution in [2.24, 2.45) is 11.8 Å². The summed E-state index contributed by atoms with van der Waals surface area (Å²) >= 11 is 5.97. The summed E-state index contributed by atoms with van der Waals surface area (Å²) in [7, 11) is -4.16. The first-order valence-electron chi connectivity index (χ1n) is 10.7. The van der Waals surface area contributed by atoms with E-state index in [0.29, 0.717) is 24.5 Å². The van der Waals surface area contributed by atoms with E-state index < -0.39 is 38.4 Å². The molecule has 2 heterocycles. The molecule has 5 atom stereocenters. The number of fused-ring (bicyclic) bond motifs is 5. The van der Waals surface area contributed by atoms with Crippen LogP contribution in [0.2, 0.25) is 5.02 Å². The summed E-state index contributed by atoms with van der Waals surface area (Å²) in [6, 6.07) is 7.73. The molecule has 5 nitrogen and oxygen atoms in total. The third-order valence-corrected chi connectivity index (χ3v) is 9.84. The molecule has 1 aliphatic carbocycles. The van der Waals surface area contributed by atoms with Gasteiger partial charge in [0.2, 0.25) is 0 Å². The van der Waals surface area contributed by atoms with Crippen molar-refractivity contribution in [3.8, 4) is 5.75 Å². The first-order chi connectivity index (χ1) is 15.3. The van der Waals surface area contributed by atoms with Crippen molar-refractivity contribution in [2.45, 2.75) is 48.2 Å². The molecule has 9 heteroatoms. The molecule has 0 N–H and O–H groups in total. The van der Waals surface area contributed by atoms with Gasteiger partial charge in [0.1, 0.15) is 10.6 Å². The first-order valence-corrected chi connectivity index (χ1v) is 12.5. The molecule has 0 amide bonds. The molecule has 2 aromatic carbocycles. The lowest BCUT2D eigenvalue weighted by Crippen LogP contribution is -2.56. The van der Waals surface area contributed by atoms with Gasteiger partial charge in [-0.1, -0.05) is 11.6 Å². The molecule has 2 aliphatic heterocycles. The number of hydrogen-bond acceptors (Lipinski definition) is 5. The van der Waals surface area contributed by atoms with Gasteiger partial charge in [-0.3, -0.25) is 0 Å². The average molecular weight is 485 g/mol. The van der Waals surface area contributed by atoms with Crippen molar-refractivity contribution < 1.29 is 31.4 Å². The summed E-state index contributed by atoms with van der Waals surface area (Å²) in [5.74, 6) is -2.75. The topological polar surface area (TPSA) is 61.8 Å². The maximum Gasteiger partial charge on any atom is 0.188 e. The largest absolute Gasteiger partial charge is 0.490 e. The van der Waals surface area contributed by atoms with Crippen LogP contribution in [0.15, 0.2) is 41.3 Å². The predicted molar refractivity (Wildman–Crippen MR) is 113 cm³/mol. The van der Waals surface area contributed by atoms with Crippen LogP contribution in [0.1, 0.15) is 31.7 Å². The standard InChI is InChI=1S/C23H23ClF2O5S/c1-2-29-20-11-15-16-12-30-22-18(26)8-7-17(25)21(22)23(16,10-9-19(15)31-20)32(27,28)14-5-3-13(24)4-6-14/h3-8,15-16,19-20H,2,9-12H2,1H3/t15-,16-,19+,20+,23-/m0/s1. The van der Waals surface area contributed by atoms with Gasteiger partial charge in [0.25, 0.3) is 0 Å². The van der Waals surface area contributed by atoms with Crippen LogP contribution in [0, 0.1) is 23.5 Å². The highest BCUT2D eigenvalue weighted by atomic mass is 35.5. The Morgan fingerprint density at radius 1 is 1.16 bits per heavy atom. The number of sulfone groups is 1. The molecule has 3 aliphatic rings. The highest BCUT2D eigenvalue weighted by Crippen LogP contribution is 2.60. The minimum atomic E-state index is -4.16. The Morgan fingerprint density at radius 2 is 1.88 bits per heavy atom. The highest BCUT2D eigenvalue weighted by Gasteiger charge is 2.64. The normalized spacial score (nSPS) is 31.4. The Labute approximate surface area is 190 Å². The van der Waals surface area contributed by atoms with Crippen molar-refractivity contribution >= 4 is 21.4 Å². The van der Waals surface area contributed by atoms with Crippen molar-refractivity contribution in [1.29, 1.82) is 0 Å². The second kappa shape index (κ2) is 7.94. The molecule has 32 heavy (non-hydrogen) atoms. The van der Waals surface area contributed by atoms with E-state index in [1.54, 1.807) is 0 Å². The van der Waals surface area contributed by atoms with Crippen LogP contribution in [-0.2, 0) is 24.1 Å². The van der Waals surface area contributed by atoms with Crippen LogP contribution < -0.4 is 4.74 Å². The maximum atomic E-state index is 15.3. The van der Waals surface area contributed by atoms with E-state index in [2.05, 4.69) is 0 Å². The van der Waals surface area contributed by atoms with Gasteiger partial charge in [0, 0.05) is 24.0 Å². The summed E-state index contributed by atoms with van der Waals surface area (Å²) in [6.07, 6.45) is 0.248. The molecular formula is C23H23ClF2O5S. The number of halogens is 3. The zero-order valence-electron chi connectivity index (χ0n) is 17.4. The fourth-order valence-electron chi connectivity index (χ4n) is 5.71. The Balaban J connectivity index is 1.72. The predicted octanol–water partition coefficient (Wildman–Crippen LogP) is 4.86. The third-order valence-electron chi connectivity index (χ3n) is 7.03. The molecule has 0 bridgehead atoms. The van der Waals surface area contributed by atoms with Gasteiger partial charge in [0.15, 0.2) is 27.7 Å². The summed E-state index contributed by atoms with van der Waals surface area (Å²) in [4.78, 5) is 0.0159. The lowest BCUT2D eigenvalue weighted by atomic mass is 9.66. The van der Waals surface area contributed by atoms with E-state index in [0.717, 1.165) is 12.1 Å². The van der Waals surface area contributed by atoms with E-state index in [1.165, 1.54) is 24.3 Å². The molecule has 5 rings (SSSR count). The van der Waals surface area contributed by atoms with Gasteiger partial charge in [-0.25, -0.2) is 17.2 Å². The Hall–Kier alpha value is -1.74. The summed E-state index contributed by atoms with van der Waals surface area (Å²) in [5.41, 5.74) is -0.220. The van der Waals surface area contributed by atoms with Crippen molar-refractivity contribution in [2.75, 3.05) is 13.2 Å². The number of hydrogen-bond donors (Lipinski definition) is 0. The van der Waals surface area contributed by atoms with Crippen LogP contribution in [0.4, 0.5) is 8.78 Å². The second-order valence-corrected chi connectivity index (χ2v) is 11.1. The van der Waals surface area contributed by atoms with Gasteiger partial charge < -0.3 is 14.2 Å². The summed E-state index contributed by atoms with van der Waals surface area (Å²) in [5, 5.41) is 0.384. The summed E-state index contributed by atoms with van der Waals surface area (Å²) in [6.45, 7) is 2.27. The SMILES string of the molecule is CCO[C@H]1C[C@@H]2[C@@H](CC[C@@]3(S(=O)(=O)c4ccc(Cl)cc4)c4c(F)ccc(F)c4OC[C@@H]23)O1. The molecule has 0 aromatic heterocycles. The van der Waals surface area contributed by atoms with Crippen LogP contribution >= 0.6 is 11.6 Å².